The van der Waals surface area contributed by atoms with Crippen molar-refractivity contribution in [3.8, 4) is 11.3 Å². The van der Waals surface area contributed by atoms with Gasteiger partial charge in [-0.1, -0.05) is 66.8 Å². The molecule has 5 unspecified atom stereocenters. The molecule has 0 bridgehead atoms. The third kappa shape index (κ3) is 6.67. The number of aromatic nitrogens is 6. The van der Waals surface area contributed by atoms with Crippen LogP contribution in [0.15, 0.2) is 85.2 Å². The van der Waals surface area contributed by atoms with Gasteiger partial charge in [-0.15, -0.1) is 5.10 Å². The molecule has 55 heavy (non-hydrogen) atoms. The summed E-state index contributed by atoms with van der Waals surface area (Å²) >= 11 is 0. The van der Waals surface area contributed by atoms with Crippen molar-refractivity contribution in [1.29, 1.82) is 0 Å². The second-order valence-electron chi connectivity index (χ2n) is 14.8. The number of amides is 4. The second kappa shape index (κ2) is 13.9. The smallest absolute Gasteiger partial charge is 0.269 e. The number of halogens is 2. The monoisotopic (exact) mass is 747 g/mol. The lowest BCUT2D eigenvalue weighted by Crippen LogP contribution is -2.55. The topological polar surface area (TPSA) is 148 Å². The number of piperidine rings is 1. The number of imide groups is 1. The van der Waals surface area contributed by atoms with Crippen LogP contribution < -0.4 is 5.32 Å². The Labute approximate surface area is 315 Å². The highest BCUT2D eigenvalue weighted by Gasteiger charge is 2.56. The number of hydrogen-bond acceptors (Lipinski definition) is 8. The first kappa shape index (κ1) is 35.9. The zero-order chi connectivity index (χ0) is 38.6. The van der Waals surface area contributed by atoms with E-state index in [9.17, 15) is 19.2 Å². The van der Waals surface area contributed by atoms with Gasteiger partial charge in [0.25, 0.3) is 11.8 Å². The summed E-state index contributed by atoms with van der Waals surface area (Å²) in [6.45, 7) is 4.79. The molecule has 5 heterocycles. The number of fused-ring (bicyclic) bond motifs is 2. The number of nitrogens with one attached hydrogen (secondary N) is 1. The van der Waals surface area contributed by atoms with E-state index in [1.807, 2.05) is 50.2 Å². The SMILES string of the molecule is Cc1cc(C)n2ncc(C(=O)Nc3ccc(-c4cn(CC5CCN(C(=O)C6C(C)C=CC7C(=O)N(Cc8ccccc8)C(=O)C76)CC5(F)F)nn4)cc3)c2n1. The molecule has 4 amide bonds. The lowest BCUT2D eigenvalue weighted by Gasteiger charge is -2.41. The minimum atomic E-state index is -3.24. The van der Waals surface area contributed by atoms with Crippen LogP contribution >= 0.6 is 0 Å². The Balaban J connectivity index is 0.898. The number of alkyl halides is 2. The first-order chi connectivity index (χ1) is 26.4. The van der Waals surface area contributed by atoms with E-state index in [0.29, 0.717) is 28.2 Å². The summed E-state index contributed by atoms with van der Waals surface area (Å²) in [6.07, 6.45) is 6.53. The van der Waals surface area contributed by atoms with E-state index in [1.165, 1.54) is 15.8 Å². The zero-order valence-electron chi connectivity index (χ0n) is 30.5. The maximum Gasteiger partial charge on any atom is 0.269 e. The molecule has 2 aromatic carbocycles. The first-order valence-electron chi connectivity index (χ1n) is 18.3. The van der Waals surface area contributed by atoms with Gasteiger partial charge >= 0.3 is 0 Å². The van der Waals surface area contributed by atoms with Gasteiger partial charge in [0.05, 0.1) is 49.8 Å². The van der Waals surface area contributed by atoms with Gasteiger partial charge in [0.2, 0.25) is 17.7 Å². The van der Waals surface area contributed by atoms with E-state index in [0.717, 1.165) is 21.9 Å². The molecule has 13 nitrogen and oxygen atoms in total. The van der Waals surface area contributed by atoms with Crippen molar-refractivity contribution in [2.75, 3.05) is 18.4 Å². The highest BCUT2D eigenvalue weighted by Crippen LogP contribution is 2.44. The van der Waals surface area contributed by atoms with Crippen molar-refractivity contribution in [3.05, 3.63) is 108 Å². The molecule has 2 fully saturated rings. The largest absolute Gasteiger partial charge is 0.336 e. The Morgan fingerprint density at radius 1 is 1.00 bits per heavy atom. The Hall–Kier alpha value is -6.12. The van der Waals surface area contributed by atoms with Crippen molar-refractivity contribution in [1.82, 2.24) is 39.4 Å². The van der Waals surface area contributed by atoms with Crippen molar-refractivity contribution in [3.63, 3.8) is 0 Å². The van der Waals surface area contributed by atoms with Gasteiger partial charge in [-0.25, -0.2) is 18.3 Å². The number of anilines is 1. The molecular weight excluding hydrogens is 708 g/mol. The standard InChI is InChI=1S/C40H39F2N9O4/c1-23-9-14-30-34(39(55)50(37(30)53)19-26-7-5-4-6-8-26)33(23)38(54)48-16-15-28(40(41,42)22-48)20-49-21-32(46-47-49)27-10-12-29(13-11-27)45-36(52)31-18-43-51-25(3)17-24(2)44-35(31)51/h4-14,17-18,21,23,28,30,33-34H,15-16,19-20,22H2,1-3H3,(H,45,52). The van der Waals surface area contributed by atoms with Gasteiger partial charge in [0.15, 0.2) is 5.65 Å². The quantitative estimate of drug-likeness (QED) is 0.173. The van der Waals surface area contributed by atoms with Crippen molar-refractivity contribution >= 4 is 35.0 Å². The molecule has 8 rings (SSSR count). The highest BCUT2D eigenvalue weighted by atomic mass is 19.3. The van der Waals surface area contributed by atoms with E-state index in [2.05, 4.69) is 25.7 Å². The lowest BCUT2D eigenvalue weighted by molar-refractivity contribution is -0.160. The molecule has 3 aliphatic rings. The fraction of sp³-hybridized carbons (Fsp3) is 0.350. The summed E-state index contributed by atoms with van der Waals surface area (Å²) in [5.74, 6) is -9.12. The third-order valence-corrected chi connectivity index (χ3v) is 11.0. The van der Waals surface area contributed by atoms with Crippen LogP contribution in [0.25, 0.3) is 16.9 Å². The van der Waals surface area contributed by atoms with Crippen LogP contribution in [0.4, 0.5) is 14.5 Å². The number of nitrogens with zero attached hydrogens (tertiary/aromatic N) is 8. The first-order valence-corrected chi connectivity index (χ1v) is 18.3. The predicted octanol–water partition coefficient (Wildman–Crippen LogP) is 4.96. The molecule has 2 aliphatic heterocycles. The molecule has 1 N–H and O–H groups in total. The predicted molar refractivity (Wildman–Crippen MR) is 196 cm³/mol. The van der Waals surface area contributed by atoms with Gasteiger partial charge in [-0.3, -0.25) is 28.8 Å². The normalized spacial score (nSPS) is 23.3. The molecule has 0 spiro atoms. The Morgan fingerprint density at radius 2 is 1.76 bits per heavy atom. The molecule has 0 radical (unpaired) electrons. The molecule has 3 aromatic heterocycles. The molecule has 0 saturated carbocycles. The molecule has 282 valence electrons. The van der Waals surface area contributed by atoms with E-state index in [1.54, 1.807) is 54.1 Å². The zero-order valence-corrected chi connectivity index (χ0v) is 30.5. The number of hydrogen-bond donors (Lipinski definition) is 1. The average molecular weight is 748 g/mol. The van der Waals surface area contributed by atoms with Crippen LogP contribution in [0.5, 0.6) is 0 Å². The van der Waals surface area contributed by atoms with E-state index in [-0.39, 0.29) is 37.9 Å². The number of carbonyl (C=O) groups excluding carboxylic acids is 4. The Kier molecular flexibility index (Phi) is 9.10. The third-order valence-electron chi connectivity index (χ3n) is 11.0. The summed E-state index contributed by atoms with van der Waals surface area (Å²) in [5, 5.41) is 15.4. The average Bonchev–Trinajstić information content (AvgIpc) is 3.87. The Bertz CT molecular complexity index is 2340. The van der Waals surface area contributed by atoms with Crippen LogP contribution in [0.3, 0.4) is 0 Å². The summed E-state index contributed by atoms with van der Waals surface area (Å²) in [7, 11) is 0. The number of aryl methyl sites for hydroxylation is 2. The van der Waals surface area contributed by atoms with Gasteiger partial charge < -0.3 is 10.2 Å². The molecule has 5 atom stereocenters. The maximum atomic E-state index is 15.8. The summed E-state index contributed by atoms with van der Waals surface area (Å²) in [6, 6.07) is 17.9. The van der Waals surface area contributed by atoms with E-state index >= 15 is 8.78 Å². The van der Waals surface area contributed by atoms with E-state index in [4.69, 9.17) is 0 Å². The minimum absolute atomic E-state index is 0.0156. The minimum Gasteiger partial charge on any atom is -0.336 e. The molecule has 5 aromatic rings. The molecular formula is C40H39F2N9O4. The fourth-order valence-electron chi connectivity index (χ4n) is 8.11. The van der Waals surface area contributed by atoms with Gasteiger partial charge in [-0.2, -0.15) is 5.10 Å². The van der Waals surface area contributed by atoms with Crippen LogP contribution in [0.2, 0.25) is 0 Å². The van der Waals surface area contributed by atoms with Gasteiger partial charge in [0, 0.05) is 35.1 Å². The second-order valence-corrected chi connectivity index (χ2v) is 14.8. The van der Waals surface area contributed by atoms with E-state index < -0.39 is 53.9 Å². The fourth-order valence-corrected chi connectivity index (χ4v) is 8.11. The van der Waals surface area contributed by atoms with Gasteiger partial charge in [-0.05, 0) is 49.9 Å². The number of carbonyl (C=O) groups is 4. The number of rotatable bonds is 8. The maximum absolute atomic E-state index is 15.8. The molecule has 1 aliphatic carbocycles. The highest BCUT2D eigenvalue weighted by molar-refractivity contribution is 6.09. The van der Waals surface area contributed by atoms with Crippen LogP contribution in [-0.4, -0.2) is 82.0 Å². The van der Waals surface area contributed by atoms with Gasteiger partial charge in [0.1, 0.15) is 11.3 Å². The van der Waals surface area contributed by atoms with Crippen molar-refractivity contribution in [2.24, 2.45) is 29.6 Å². The number of likely N-dealkylation sites (tertiary alicyclic amines) is 2. The van der Waals surface area contributed by atoms with Crippen LogP contribution in [0, 0.1) is 43.4 Å². The van der Waals surface area contributed by atoms with Crippen molar-refractivity contribution < 1.29 is 28.0 Å². The summed E-state index contributed by atoms with van der Waals surface area (Å²) in [5.41, 5.74) is 4.90. The summed E-state index contributed by atoms with van der Waals surface area (Å²) in [4.78, 5) is 60.8. The molecule has 2 saturated heterocycles. The number of benzene rings is 2. The summed E-state index contributed by atoms with van der Waals surface area (Å²) < 4.78 is 34.6. The number of allylic oxidation sites excluding steroid dienone is 1. The molecule has 15 heteroatoms. The van der Waals surface area contributed by atoms with Crippen LogP contribution in [-0.2, 0) is 27.5 Å². The lowest BCUT2D eigenvalue weighted by atomic mass is 9.71. The Morgan fingerprint density at radius 3 is 2.51 bits per heavy atom. The van der Waals surface area contributed by atoms with Crippen LogP contribution in [0.1, 0.15) is 40.7 Å². The van der Waals surface area contributed by atoms with Crippen molar-refractivity contribution in [2.45, 2.75) is 46.2 Å².